The maximum absolute atomic E-state index is 5.76. The molecule has 30 heavy (non-hydrogen) atoms. The van der Waals surface area contributed by atoms with Crippen LogP contribution in [0.1, 0.15) is 50.8 Å². The molecule has 2 unspecified atom stereocenters. The smallest absolute Gasteiger partial charge is 0.191 e. The molecule has 8 heteroatoms. The highest BCUT2D eigenvalue weighted by molar-refractivity contribution is 14.0. The third-order valence-electron chi connectivity index (χ3n) is 6.06. The van der Waals surface area contributed by atoms with Crippen LogP contribution < -0.4 is 10.6 Å². The number of hydrogen-bond acceptors (Lipinski definition) is 5. The van der Waals surface area contributed by atoms with Crippen molar-refractivity contribution >= 4 is 29.9 Å². The molecule has 2 saturated heterocycles. The molecule has 0 saturated carbocycles. The molecule has 0 aromatic carbocycles. The van der Waals surface area contributed by atoms with E-state index in [0.29, 0.717) is 12.6 Å². The number of guanidine groups is 1. The number of piperidine rings is 1. The second-order valence-corrected chi connectivity index (χ2v) is 8.05. The van der Waals surface area contributed by atoms with E-state index >= 15 is 0 Å². The number of nitrogens with zero attached hydrogens (tertiary/aromatic N) is 3. The number of ether oxygens (including phenoxy) is 1. The highest BCUT2D eigenvalue weighted by atomic mass is 127. The van der Waals surface area contributed by atoms with Crippen molar-refractivity contribution in [3.05, 3.63) is 24.2 Å². The Kier molecular flexibility index (Phi) is 12.1. The van der Waals surface area contributed by atoms with Crippen LogP contribution in [0, 0.1) is 0 Å². The van der Waals surface area contributed by atoms with E-state index in [4.69, 9.17) is 14.1 Å². The van der Waals surface area contributed by atoms with Gasteiger partial charge in [0, 0.05) is 32.8 Å². The molecule has 2 aliphatic heterocycles. The average molecular weight is 533 g/mol. The van der Waals surface area contributed by atoms with Gasteiger partial charge >= 0.3 is 0 Å². The zero-order valence-electron chi connectivity index (χ0n) is 18.6. The Morgan fingerprint density at radius 1 is 1.23 bits per heavy atom. The van der Waals surface area contributed by atoms with Gasteiger partial charge in [0.1, 0.15) is 5.76 Å². The van der Waals surface area contributed by atoms with Gasteiger partial charge in [-0.3, -0.25) is 14.8 Å². The summed E-state index contributed by atoms with van der Waals surface area (Å²) in [7, 11) is 1.77. The molecule has 3 heterocycles. The third-order valence-corrected chi connectivity index (χ3v) is 6.06. The van der Waals surface area contributed by atoms with Crippen molar-refractivity contribution in [3.8, 4) is 0 Å². The first kappa shape index (κ1) is 25.4. The number of hydrogen-bond donors (Lipinski definition) is 2. The first-order valence-electron chi connectivity index (χ1n) is 11.3. The van der Waals surface area contributed by atoms with Crippen LogP contribution in [0.5, 0.6) is 0 Å². The van der Waals surface area contributed by atoms with E-state index in [2.05, 4.69) is 33.4 Å². The Morgan fingerprint density at radius 3 is 2.77 bits per heavy atom. The fourth-order valence-corrected chi connectivity index (χ4v) is 4.46. The Hall–Kier alpha value is -0.840. The van der Waals surface area contributed by atoms with Crippen molar-refractivity contribution in [2.45, 2.75) is 51.1 Å². The number of furan rings is 1. The first-order valence-corrected chi connectivity index (χ1v) is 11.3. The van der Waals surface area contributed by atoms with Crippen molar-refractivity contribution in [2.24, 2.45) is 4.99 Å². The molecule has 2 atom stereocenters. The van der Waals surface area contributed by atoms with Crippen LogP contribution in [0.4, 0.5) is 0 Å². The summed E-state index contributed by atoms with van der Waals surface area (Å²) in [5.41, 5.74) is 0. The van der Waals surface area contributed by atoms with E-state index in [0.717, 1.165) is 51.1 Å². The fourth-order valence-electron chi connectivity index (χ4n) is 4.46. The molecule has 0 spiro atoms. The number of aliphatic imine (C=N–C) groups is 1. The summed E-state index contributed by atoms with van der Waals surface area (Å²) in [5, 5.41) is 6.99. The summed E-state index contributed by atoms with van der Waals surface area (Å²) in [5.74, 6) is 1.92. The van der Waals surface area contributed by atoms with E-state index in [1.165, 1.54) is 38.6 Å². The summed E-state index contributed by atoms with van der Waals surface area (Å²) in [6.45, 7) is 9.83. The standard InChI is InChI=1S/C22H39N5O2.HI/c1-3-23-22(24-17-19-9-7-13-26(19)14-16-28-2)25-18-20(21-10-8-15-29-21)27-11-5-4-6-12-27;/h8,10,15,19-20H,3-7,9,11-14,16-18H2,1-2H3,(H2,23,24,25);1H. The van der Waals surface area contributed by atoms with E-state index in [1.54, 1.807) is 13.4 Å². The van der Waals surface area contributed by atoms with Crippen molar-refractivity contribution in [1.82, 2.24) is 20.4 Å². The summed E-state index contributed by atoms with van der Waals surface area (Å²) < 4.78 is 11.0. The maximum atomic E-state index is 5.76. The van der Waals surface area contributed by atoms with E-state index < -0.39 is 0 Å². The normalized spacial score (nSPS) is 21.9. The van der Waals surface area contributed by atoms with Gasteiger partial charge in [0.25, 0.3) is 0 Å². The maximum Gasteiger partial charge on any atom is 0.191 e. The van der Waals surface area contributed by atoms with Crippen LogP contribution in [0.25, 0.3) is 0 Å². The molecule has 0 amide bonds. The molecular weight excluding hydrogens is 493 g/mol. The Labute approximate surface area is 199 Å². The molecule has 2 N–H and O–H groups in total. The van der Waals surface area contributed by atoms with Crippen LogP contribution >= 0.6 is 24.0 Å². The van der Waals surface area contributed by atoms with Gasteiger partial charge in [-0.25, -0.2) is 0 Å². The van der Waals surface area contributed by atoms with Crippen molar-refractivity contribution in [1.29, 1.82) is 0 Å². The molecule has 2 aliphatic rings. The molecule has 3 rings (SSSR count). The highest BCUT2D eigenvalue weighted by Crippen LogP contribution is 2.25. The lowest BCUT2D eigenvalue weighted by molar-refractivity contribution is 0.141. The number of likely N-dealkylation sites (tertiary alicyclic amines) is 2. The van der Waals surface area contributed by atoms with E-state index in [1.807, 2.05) is 6.07 Å². The monoisotopic (exact) mass is 533 g/mol. The number of methoxy groups -OCH3 is 1. The second kappa shape index (κ2) is 14.3. The summed E-state index contributed by atoms with van der Waals surface area (Å²) in [6, 6.07) is 4.83. The number of rotatable bonds is 10. The molecule has 172 valence electrons. The lowest BCUT2D eigenvalue weighted by Crippen LogP contribution is -2.46. The molecule has 1 aromatic rings. The second-order valence-electron chi connectivity index (χ2n) is 8.05. The molecule has 1 aromatic heterocycles. The van der Waals surface area contributed by atoms with Gasteiger partial charge in [0.2, 0.25) is 0 Å². The van der Waals surface area contributed by atoms with Crippen LogP contribution in [0.3, 0.4) is 0 Å². The Bertz CT molecular complexity index is 592. The van der Waals surface area contributed by atoms with Gasteiger partial charge in [-0.15, -0.1) is 24.0 Å². The number of nitrogens with one attached hydrogen (secondary N) is 2. The predicted octanol–water partition coefficient (Wildman–Crippen LogP) is 3.09. The largest absolute Gasteiger partial charge is 0.468 e. The lowest BCUT2D eigenvalue weighted by Gasteiger charge is -2.32. The SMILES string of the molecule is CCNC(=NCC(c1ccco1)N1CCCCC1)NCC1CCCN1CCOC.I. The minimum absolute atomic E-state index is 0. The first-order chi connectivity index (χ1) is 14.3. The van der Waals surface area contributed by atoms with Crippen LogP contribution in [0.2, 0.25) is 0 Å². The Morgan fingerprint density at radius 2 is 2.07 bits per heavy atom. The minimum atomic E-state index is 0. The number of halogens is 1. The molecule has 0 bridgehead atoms. The fraction of sp³-hybridized carbons (Fsp3) is 0.773. The quantitative estimate of drug-likeness (QED) is 0.274. The van der Waals surface area contributed by atoms with Crippen LogP contribution in [-0.4, -0.2) is 81.3 Å². The van der Waals surface area contributed by atoms with Gasteiger partial charge in [-0.1, -0.05) is 6.42 Å². The summed E-state index contributed by atoms with van der Waals surface area (Å²) in [4.78, 5) is 10.00. The molecule has 2 fully saturated rings. The lowest BCUT2D eigenvalue weighted by atomic mass is 10.1. The molecule has 0 radical (unpaired) electrons. The van der Waals surface area contributed by atoms with E-state index in [-0.39, 0.29) is 30.0 Å². The molecule has 0 aliphatic carbocycles. The predicted molar refractivity (Wildman–Crippen MR) is 133 cm³/mol. The van der Waals surface area contributed by atoms with Gasteiger partial charge in [-0.05, 0) is 64.4 Å². The van der Waals surface area contributed by atoms with Crippen LogP contribution in [0.15, 0.2) is 27.8 Å². The average Bonchev–Trinajstić information content (AvgIpc) is 3.43. The van der Waals surface area contributed by atoms with Gasteiger partial charge in [-0.2, -0.15) is 0 Å². The van der Waals surface area contributed by atoms with Crippen LogP contribution in [-0.2, 0) is 4.74 Å². The van der Waals surface area contributed by atoms with Gasteiger partial charge in [0.05, 0.1) is 25.5 Å². The van der Waals surface area contributed by atoms with Crippen molar-refractivity contribution < 1.29 is 9.15 Å². The topological polar surface area (TPSA) is 65.3 Å². The van der Waals surface area contributed by atoms with E-state index in [9.17, 15) is 0 Å². The zero-order chi connectivity index (χ0) is 20.3. The van der Waals surface area contributed by atoms with Crippen molar-refractivity contribution in [3.63, 3.8) is 0 Å². The third kappa shape index (κ3) is 7.69. The summed E-state index contributed by atoms with van der Waals surface area (Å²) in [6.07, 6.45) is 8.12. The summed E-state index contributed by atoms with van der Waals surface area (Å²) >= 11 is 0. The molecular formula is C22H40IN5O2. The zero-order valence-corrected chi connectivity index (χ0v) is 21.0. The van der Waals surface area contributed by atoms with Gasteiger partial charge in [0.15, 0.2) is 5.96 Å². The van der Waals surface area contributed by atoms with Crippen molar-refractivity contribution in [2.75, 3.05) is 59.5 Å². The van der Waals surface area contributed by atoms with Gasteiger partial charge < -0.3 is 19.8 Å². The highest BCUT2D eigenvalue weighted by Gasteiger charge is 2.26. The Balaban J connectivity index is 0.00000320. The minimum Gasteiger partial charge on any atom is -0.468 e. The molecule has 7 nitrogen and oxygen atoms in total.